The molecule has 1 atom stereocenters. The zero-order valence-corrected chi connectivity index (χ0v) is 13.9. The van der Waals surface area contributed by atoms with Gasteiger partial charge < -0.3 is 5.73 Å². The van der Waals surface area contributed by atoms with Crippen molar-refractivity contribution in [1.29, 1.82) is 0 Å². The molecule has 3 heteroatoms. The van der Waals surface area contributed by atoms with Crippen molar-refractivity contribution in [1.82, 2.24) is 4.90 Å². The van der Waals surface area contributed by atoms with E-state index in [1.54, 1.807) is 0 Å². The van der Waals surface area contributed by atoms with E-state index in [2.05, 4.69) is 53.9 Å². The molecule has 2 N–H and O–H groups in total. The fourth-order valence-corrected chi connectivity index (χ4v) is 5.27. The second-order valence-electron chi connectivity index (χ2n) is 6.73. The third-order valence-corrected chi connectivity index (χ3v) is 6.73. The van der Waals surface area contributed by atoms with Crippen LogP contribution in [-0.4, -0.2) is 41.1 Å². The molecule has 2 aliphatic rings. The van der Waals surface area contributed by atoms with E-state index in [9.17, 15) is 0 Å². The third-order valence-electron chi connectivity index (χ3n) is 5.54. The summed E-state index contributed by atoms with van der Waals surface area (Å²) in [6.45, 7) is 4.43. The van der Waals surface area contributed by atoms with Gasteiger partial charge >= 0.3 is 0 Å². The topological polar surface area (TPSA) is 29.3 Å². The Kier molecular flexibility index (Phi) is 4.92. The van der Waals surface area contributed by atoms with E-state index >= 15 is 0 Å². The van der Waals surface area contributed by atoms with Crippen LogP contribution in [0.15, 0.2) is 30.3 Å². The largest absolute Gasteiger partial charge is 0.329 e. The summed E-state index contributed by atoms with van der Waals surface area (Å²) in [5.41, 5.74) is 8.06. The van der Waals surface area contributed by atoms with Crippen LogP contribution in [0.25, 0.3) is 0 Å². The number of rotatable bonds is 3. The highest BCUT2D eigenvalue weighted by Crippen LogP contribution is 2.42. The molecule has 1 saturated carbocycles. The molecule has 0 radical (unpaired) electrons. The van der Waals surface area contributed by atoms with Gasteiger partial charge in [0.15, 0.2) is 0 Å². The van der Waals surface area contributed by atoms with E-state index in [0.717, 1.165) is 12.5 Å². The van der Waals surface area contributed by atoms with Gasteiger partial charge in [0.1, 0.15) is 0 Å². The Morgan fingerprint density at radius 1 is 1.24 bits per heavy atom. The number of benzene rings is 1. The summed E-state index contributed by atoms with van der Waals surface area (Å²) < 4.78 is 0. The molecule has 1 aromatic carbocycles. The Labute approximate surface area is 133 Å². The second kappa shape index (κ2) is 6.72. The van der Waals surface area contributed by atoms with Crippen LogP contribution in [0.2, 0.25) is 0 Å². The first-order valence-electron chi connectivity index (χ1n) is 8.35. The first-order valence-corrected chi connectivity index (χ1v) is 9.50. The van der Waals surface area contributed by atoms with Gasteiger partial charge in [-0.2, -0.15) is 11.8 Å². The maximum absolute atomic E-state index is 6.27. The van der Waals surface area contributed by atoms with Crippen LogP contribution in [0.3, 0.4) is 0 Å². The minimum atomic E-state index is 0.270. The maximum atomic E-state index is 6.27. The highest BCUT2D eigenvalue weighted by Gasteiger charge is 2.42. The molecule has 1 unspecified atom stereocenters. The van der Waals surface area contributed by atoms with Gasteiger partial charge in [0.25, 0.3) is 0 Å². The molecule has 1 saturated heterocycles. The summed E-state index contributed by atoms with van der Waals surface area (Å²) in [5.74, 6) is 3.28. The quantitative estimate of drug-likeness (QED) is 0.927. The zero-order valence-electron chi connectivity index (χ0n) is 13.1. The van der Waals surface area contributed by atoms with Crippen LogP contribution in [0.1, 0.15) is 44.1 Å². The van der Waals surface area contributed by atoms with Crippen LogP contribution >= 0.6 is 11.8 Å². The molecule has 0 bridgehead atoms. The summed E-state index contributed by atoms with van der Waals surface area (Å²) in [6, 6.07) is 11.7. The van der Waals surface area contributed by atoms with Crippen molar-refractivity contribution in [2.45, 2.75) is 50.1 Å². The molecule has 0 aromatic heterocycles. The number of hydrogen-bond acceptors (Lipinski definition) is 3. The lowest BCUT2D eigenvalue weighted by Gasteiger charge is -2.51. The summed E-state index contributed by atoms with van der Waals surface area (Å²) in [4.78, 5) is 2.74. The summed E-state index contributed by atoms with van der Waals surface area (Å²) in [6.07, 6.45) is 5.10. The molecule has 116 valence electrons. The van der Waals surface area contributed by atoms with E-state index in [1.807, 2.05) is 0 Å². The first-order chi connectivity index (χ1) is 10.2. The second-order valence-corrected chi connectivity index (χ2v) is 7.88. The van der Waals surface area contributed by atoms with E-state index < -0.39 is 0 Å². The lowest BCUT2D eigenvalue weighted by molar-refractivity contribution is 0.0301. The monoisotopic (exact) mass is 304 g/mol. The standard InChI is InChI=1S/C18H28N2S/c1-15-13-21-12-11-20(15)18(14-19)9-7-17(8-10-18)16-5-3-2-4-6-16/h2-6,15,17H,7-14,19H2,1H3. The highest BCUT2D eigenvalue weighted by atomic mass is 32.2. The fourth-order valence-electron chi connectivity index (χ4n) is 4.25. The number of nitrogens with two attached hydrogens (primary N) is 1. The van der Waals surface area contributed by atoms with E-state index in [0.29, 0.717) is 6.04 Å². The predicted octanol–water partition coefficient (Wildman–Crippen LogP) is 3.48. The van der Waals surface area contributed by atoms with Crippen molar-refractivity contribution < 1.29 is 0 Å². The van der Waals surface area contributed by atoms with Gasteiger partial charge in [0.05, 0.1) is 0 Å². The van der Waals surface area contributed by atoms with Gasteiger partial charge in [-0.3, -0.25) is 4.90 Å². The van der Waals surface area contributed by atoms with Gasteiger partial charge in [-0.05, 0) is 44.1 Å². The molecule has 0 spiro atoms. The molecule has 1 aliphatic carbocycles. The number of nitrogens with zero attached hydrogens (tertiary/aromatic N) is 1. The summed E-state index contributed by atoms with van der Waals surface area (Å²) >= 11 is 2.09. The molecule has 1 heterocycles. The fraction of sp³-hybridized carbons (Fsp3) is 0.667. The van der Waals surface area contributed by atoms with Crippen LogP contribution in [-0.2, 0) is 0 Å². The Bertz CT molecular complexity index is 440. The van der Waals surface area contributed by atoms with Crippen molar-refractivity contribution in [2.24, 2.45) is 5.73 Å². The molecule has 2 fully saturated rings. The van der Waals surface area contributed by atoms with Crippen LogP contribution in [0.5, 0.6) is 0 Å². The van der Waals surface area contributed by atoms with Crippen molar-refractivity contribution in [3.63, 3.8) is 0 Å². The van der Waals surface area contributed by atoms with Gasteiger partial charge in [0, 0.05) is 36.2 Å². The first kappa shape index (κ1) is 15.4. The van der Waals surface area contributed by atoms with Crippen LogP contribution in [0, 0.1) is 0 Å². The predicted molar refractivity (Wildman–Crippen MR) is 92.9 cm³/mol. The van der Waals surface area contributed by atoms with Gasteiger partial charge in [-0.25, -0.2) is 0 Å². The van der Waals surface area contributed by atoms with Crippen molar-refractivity contribution in [3.8, 4) is 0 Å². The Morgan fingerprint density at radius 3 is 2.57 bits per heavy atom. The minimum Gasteiger partial charge on any atom is -0.329 e. The Morgan fingerprint density at radius 2 is 1.95 bits per heavy atom. The van der Waals surface area contributed by atoms with Crippen LogP contribution in [0.4, 0.5) is 0 Å². The average molecular weight is 305 g/mol. The van der Waals surface area contributed by atoms with Crippen molar-refractivity contribution >= 4 is 11.8 Å². The van der Waals surface area contributed by atoms with E-state index in [1.165, 1.54) is 49.3 Å². The minimum absolute atomic E-state index is 0.270. The lowest BCUT2D eigenvalue weighted by Crippen LogP contribution is -2.60. The normalized spacial score (nSPS) is 34.8. The lowest BCUT2D eigenvalue weighted by atomic mass is 9.73. The Hall–Kier alpha value is -0.510. The summed E-state index contributed by atoms with van der Waals surface area (Å²) in [7, 11) is 0. The van der Waals surface area contributed by atoms with Gasteiger partial charge in [-0.1, -0.05) is 30.3 Å². The third kappa shape index (κ3) is 3.15. The van der Waals surface area contributed by atoms with Gasteiger partial charge in [0.2, 0.25) is 0 Å². The molecular formula is C18H28N2S. The maximum Gasteiger partial charge on any atom is 0.0335 e. The molecule has 2 nitrogen and oxygen atoms in total. The average Bonchev–Trinajstić information content (AvgIpc) is 2.56. The smallest absolute Gasteiger partial charge is 0.0335 e. The molecule has 3 rings (SSSR count). The van der Waals surface area contributed by atoms with E-state index in [4.69, 9.17) is 5.73 Å². The number of thioether (sulfide) groups is 1. The molecule has 0 amide bonds. The number of hydrogen-bond donors (Lipinski definition) is 1. The highest BCUT2D eigenvalue weighted by molar-refractivity contribution is 7.99. The van der Waals surface area contributed by atoms with Crippen molar-refractivity contribution in [2.75, 3.05) is 24.6 Å². The summed E-state index contributed by atoms with van der Waals surface area (Å²) in [5, 5.41) is 0. The van der Waals surface area contributed by atoms with Crippen molar-refractivity contribution in [3.05, 3.63) is 35.9 Å². The van der Waals surface area contributed by atoms with Gasteiger partial charge in [-0.15, -0.1) is 0 Å². The molecule has 1 aliphatic heterocycles. The molecule has 21 heavy (non-hydrogen) atoms. The van der Waals surface area contributed by atoms with E-state index in [-0.39, 0.29) is 5.54 Å². The zero-order chi connectivity index (χ0) is 14.7. The molecular weight excluding hydrogens is 276 g/mol. The molecule has 1 aromatic rings. The SMILES string of the molecule is CC1CSCCN1C1(CN)CCC(c2ccccc2)CC1. The Balaban J connectivity index is 1.69. The van der Waals surface area contributed by atoms with Crippen LogP contribution < -0.4 is 5.73 Å².